The van der Waals surface area contributed by atoms with E-state index in [2.05, 4.69) is 20.4 Å². The number of amides is 1. The molecule has 0 radical (unpaired) electrons. The topological polar surface area (TPSA) is 75.9 Å². The van der Waals surface area contributed by atoms with Crippen LogP contribution in [0.25, 0.3) is 0 Å². The fraction of sp³-hybridized carbons (Fsp3) is 0.467. The molecule has 0 saturated carbocycles. The van der Waals surface area contributed by atoms with Crippen LogP contribution in [0.1, 0.15) is 29.0 Å². The molecule has 0 bridgehead atoms. The number of alkyl halides is 3. The van der Waals surface area contributed by atoms with E-state index in [1.165, 1.54) is 4.68 Å². The number of hydrogen-bond acceptors (Lipinski definition) is 5. The third kappa shape index (κ3) is 3.89. The van der Waals surface area contributed by atoms with Gasteiger partial charge in [0, 0.05) is 38.6 Å². The molecule has 2 aromatic heterocycles. The molecule has 3 rings (SSSR count). The number of aryl methyl sites for hydroxylation is 1. The summed E-state index contributed by atoms with van der Waals surface area (Å²) in [6.45, 7) is 0.940. The first-order chi connectivity index (χ1) is 11.8. The quantitative estimate of drug-likeness (QED) is 0.907. The molecule has 0 aliphatic carbocycles. The lowest BCUT2D eigenvalue weighted by Gasteiger charge is -2.32. The summed E-state index contributed by atoms with van der Waals surface area (Å²) in [4.78, 5) is 21.4. The van der Waals surface area contributed by atoms with Crippen LogP contribution in [0.15, 0.2) is 24.5 Å². The van der Waals surface area contributed by atoms with Gasteiger partial charge in [-0.05, 0) is 25.0 Å². The van der Waals surface area contributed by atoms with Crippen molar-refractivity contribution in [2.75, 3.05) is 18.0 Å². The minimum atomic E-state index is -4.49. The second-order valence-corrected chi connectivity index (χ2v) is 5.81. The number of nitrogens with one attached hydrogen (secondary N) is 1. The van der Waals surface area contributed by atoms with Gasteiger partial charge in [-0.3, -0.25) is 9.48 Å². The third-order valence-electron chi connectivity index (χ3n) is 4.10. The number of rotatable bonds is 3. The highest BCUT2D eigenvalue weighted by Gasteiger charge is 2.33. The molecule has 0 atom stereocenters. The van der Waals surface area contributed by atoms with E-state index in [0.717, 1.165) is 12.3 Å². The predicted octanol–water partition coefficient (Wildman–Crippen LogP) is 1.63. The van der Waals surface area contributed by atoms with Crippen molar-refractivity contribution in [1.29, 1.82) is 0 Å². The van der Waals surface area contributed by atoms with Crippen molar-refractivity contribution in [2.45, 2.75) is 25.1 Å². The summed E-state index contributed by atoms with van der Waals surface area (Å²) in [5, 5.41) is 6.87. The van der Waals surface area contributed by atoms with E-state index in [9.17, 15) is 18.0 Å². The lowest BCUT2D eigenvalue weighted by atomic mass is 10.1. The molecule has 1 saturated heterocycles. The van der Waals surface area contributed by atoms with Gasteiger partial charge in [0.15, 0.2) is 0 Å². The van der Waals surface area contributed by atoms with Gasteiger partial charge in [-0.15, -0.1) is 0 Å². The monoisotopic (exact) mass is 354 g/mol. The SMILES string of the molecule is Cn1nccc1C(=O)NC1CCN(c2nccc(C(F)(F)F)n2)CC1. The summed E-state index contributed by atoms with van der Waals surface area (Å²) in [6, 6.07) is 2.43. The summed E-state index contributed by atoms with van der Waals surface area (Å²) in [7, 11) is 1.68. The lowest BCUT2D eigenvalue weighted by molar-refractivity contribution is -0.141. The Morgan fingerprint density at radius 1 is 1.24 bits per heavy atom. The van der Waals surface area contributed by atoms with Crippen LogP contribution in [0.3, 0.4) is 0 Å². The maximum Gasteiger partial charge on any atom is 0.433 e. The summed E-state index contributed by atoms with van der Waals surface area (Å²) in [5.41, 5.74) is -0.493. The van der Waals surface area contributed by atoms with Crippen LogP contribution in [0.2, 0.25) is 0 Å². The Hall–Kier alpha value is -2.65. The number of piperidine rings is 1. The van der Waals surface area contributed by atoms with E-state index in [1.54, 1.807) is 24.2 Å². The van der Waals surface area contributed by atoms with Crippen molar-refractivity contribution >= 4 is 11.9 Å². The first kappa shape index (κ1) is 17.2. The summed E-state index contributed by atoms with van der Waals surface area (Å²) in [6.07, 6.45) is -0.636. The Morgan fingerprint density at radius 2 is 1.96 bits per heavy atom. The average molecular weight is 354 g/mol. The summed E-state index contributed by atoms with van der Waals surface area (Å²) < 4.78 is 39.7. The molecular weight excluding hydrogens is 337 g/mol. The molecule has 1 amide bonds. The molecular formula is C15H17F3N6O. The van der Waals surface area contributed by atoms with Crippen LogP contribution in [0.4, 0.5) is 19.1 Å². The fourth-order valence-electron chi connectivity index (χ4n) is 2.74. The van der Waals surface area contributed by atoms with Gasteiger partial charge < -0.3 is 10.2 Å². The van der Waals surface area contributed by atoms with Crippen LogP contribution in [-0.2, 0) is 13.2 Å². The molecule has 2 aromatic rings. The number of carbonyl (C=O) groups excluding carboxylic acids is 1. The van der Waals surface area contributed by atoms with Gasteiger partial charge in [-0.25, -0.2) is 9.97 Å². The van der Waals surface area contributed by atoms with Gasteiger partial charge in [0.25, 0.3) is 5.91 Å². The van der Waals surface area contributed by atoms with Gasteiger partial charge in [-0.1, -0.05) is 0 Å². The van der Waals surface area contributed by atoms with Crippen LogP contribution < -0.4 is 10.2 Å². The minimum Gasteiger partial charge on any atom is -0.348 e. The second kappa shape index (κ2) is 6.69. The maximum atomic E-state index is 12.7. The predicted molar refractivity (Wildman–Crippen MR) is 82.9 cm³/mol. The number of anilines is 1. The molecule has 7 nitrogen and oxygen atoms in total. The van der Waals surface area contributed by atoms with Crippen molar-refractivity contribution in [3.8, 4) is 0 Å². The molecule has 1 aliphatic rings. The Bertz CT molecular complexity index is 752. The van der Waals surface area contributed by atoms with Crippen molar-refractivity contribution in [3.05, 3.63) is 35.9 Å². The molecule has 1 fully saturated rings. The number of hydrogen-bond donors (Lipinski definition) is 1. The van der Waals surface area contributed by atoms with E-state index in [4.69, 9.17) is 0 Å². The van der Waals surface area contributed by atoms with Gasteiger partial charge in [0.2, 0.25) is 5.95 Å². The van der Waals surface area contributed by atoms with Crippen molar-refractivity contribution in [2.24, 2.45) is 7.05 Å². The van der Waals surface area contributed by atoms with Crippen LogP contribution in [0.5, 0.6) is 0 Å². The Labute approximate surface area is 141 Å². The largest absolute Gasteiger partial charge is 0.433 e. The van der Waals surface area contributed by atoms with Crippen molar-refractivity contribution < 1.29 is 18.0 Å². The smallest absolute Gasteiger partial charge is 0.348 e. The molecule has 0 spiro atoms. The Balaban J connectivity index is 1.59. The fourth-order valence-corrected chi connectivity index (χ4v) is 2.74. The van der Waals surface area contributed by atoms with E-state index in [-0.39, 0.29) is 17.9 Å². The van der Waals surface area contributed by atoms with Crippen LogP contribution in [-0.4, -0.2) is 44.8 Å². The Kier molecular flexibility index (Phi) is 4.60. The molecule has 134 valence electrons. The van der Waals surface area contributed by atoms with Crippen LogP contribution >= 0.6 is 0 Å². The number of nitrogens with zero attached hydrogens (tertiary/aromatic N) is 5. The zero-order valence-electron chi connectivity index (χ0n) is 13.5. The standard InChI is InChI=1S/C15H17F3N6O/c1-23-11(2-7-20-23)13(25)21-10-4-8-24(9-5-10)14-19-6-3-12(22-14)15(16,17)18/h2-3,6-7,10H,4-5,8-9H2,1H3,(H,21,25). The van der Waals surface area contributed by atoms with E-state index >= 15 is 0 Å². The molecule has 10 heteroatoms. The highest BCUT2D eigenvalue weighted by molar-refractivity contribution is 5.92. The summed E-state index contributed by atoms with van der Waals surface area (Å²) >= 11 is 0. The molecule has 3 heterocycles. The van der Waals surface area contributed by atoms with Gasteiger partial charge in [-0.2, -0.15) is 18.3 Å². The second-order valence-electron chi connectivity index (χ2n) is 5.81. The number of carbonyl (C=O) groups is 1. The number of aromatic nitrogens is 4. The Morgan fingerprint density at radius 3 is 2.56 bits per heavy atom. The maximum absolute atomic E-state index is 12.7. The zero-order valence-corrected chi connectivity index (χ0v) is 13.5. The van der Waals surface area contributed by atoms with Gasteiger partial charge in [0.1, 0.15) is 11.4 Å². The third-order valence-corrected chi connectivity index (χ3v) is 4.10. The van der Waals surface area contributed by atoms with Gasteiger partial charge in [0.05, 0.1) is 0 Å². The highest BCUT2D eigenvalue weighted by Crippen LogP contribution is 2.28. The first-order valence-electron chi connectivity index (χ1n) is 7.78. The highest BCUT2D eigenvalue weighted by atomic mass is 19.4. The van der Waals surface area contributed by atoms with E-state index < -0.39 is 11.9 Å². The van der Waals surface area contributed by atoms with Crippen molar-refractivity contribution in [1.82, 2.24) is 25.1 Å². The van der Waals surface area contributed by atoms with Gasteiger partial charge >= 0.3 is 6.18 Å². The normalized spacial score (nSPS) is 16.1. The van der Waals surface area contributed by atoms with E-state index in [0.29, 0.717) is 31.6 Å². The molecule has 0 aromatic carbocycles. The molecule has 0 unspecified atom stereocenters. The zero-order chi connectivity index (χ0) is 18.0. The summed E-state index contributed by atoms with van der Waals surface area (Å²) in [5.74, 6) is -0.153. The average Bonchev–Trinajstić information content (AvgIpc) is 3.01. The molecule has 1 aliphatic heterocycles. The number of halogens is 3. The van der Waals surface area contributed by atoms with Crippen LogP contribution in [0, 0.1) is 0 Å². The van der Waals surface area contributed by atoms with Crippen molar-refractivity contribution in [3.63, 3.8) is 0 Å². The molecule has 25 heavy (non-hydrogen) atoms. The molecule has 1 N–H and O–H groups in total. The first-order valence-corrected chi connectivity index (χ1v) is 7.78. The minimum absolute atomic E-state index is 0.0514. The van der Waals surface area contributed by atoms with E-state index in [1.807, 2.05) is 0 Å². The lowest BCUT2D eigenvalue weighted by Crippen LogP contribution is -2.45.